The van der Waals surface area contributed by atoms with Crippen LogP contribution in [0.25, 0.3) is 6.08 Å². The second kappa shape index (κ2) is 7.97. The molecule has 0 radical (unpaired) electrons. The fraction of sp³-hybridized carbons (Fsp3) is 0.579. The number of thiophene rings is 1. The molecule has 0 bridgehead atoms. The van der Waals surface area contributed by atoms with Gasteiger partial charge in [0, 0.05) is 47.9 Å². The van der Waals surface area contributed by atoms with Crippen LogP contribution in [0, 0.1) is 12.8 Å². The van der Waals surface area contributed by atoms with Crippen molar-refractivity contribution in [3.63, 3.8) is 0 Å². The van der Waals surface area contributed by atoms with E-state index < -0.39 is 0 Å². The third-order valence-electron chi connectivity index (χ3n) is 5.01. The van der Waals surface area contributed by atoms with Gasteiger partial charge in [-0.2, -0.15) is 0 Å². The fourth-order valence-corrected chi connectivity index (χ4v) is 4.34. The van der Waals surface area contributed by atoms with Crippen molar-refractivity contribution < 1.29 is 9.59 Å². The van der Waals surface area contributed by atoms with E-state index in [9.17, 15) is 9.59 Å². The second-order valence-electron chi connectivity index (χ2n) is 6.77. The van der Waals surface area contributed by atoms with Gasteiger partial charge in [0.25, 0.3) is 0 Å². The monoisotopic (exact) mass is 346 g/mol. The summed E-state index contributed by atoms with van der Waals surface area (Å²) in [6.07, 6.45) is 9.26. The molecule has 2 fully saturated rings. The van der Waals surface area contributed by atoms with Gasteiger partial charge in [-0.25, -0.2) is 0 Å². The summed E-state index contributed by atoms with van der Waals surface area (Å²) < 4.78 is 0. The summed E-state index contributed by atoms with van der Waals surface area (Å²) in [5.74, 6) is 0.584. The number of aryl methyl sites for hydroxylation is 1. The predicted molar refractivity (Wildman–Crippen MR) is 97.8 cm³/mol. The summed E-state index contributed by atoms with van der Waals surface area (Å²) in [6, 6.07) is 4.09. The third-order valence-corrected chi connectivity index (χ3v) is 5.97. The van der Waals surface area contributed by atoms with Crippen LogP contribution in [0.15, 0.2) is 18.2 Å². The third kappa shape index (κ3) is 4.26. The largest absolute Gasteiger partial charge is 0.339 e. The van der Waals surface area contributed by atoms with Crippen LogP contribution in [0.5, 0.6) is 0 Å². The molecule has 1 saturated carbocycles. The standard InChI is InChI=1S/C19H26N2O2S/c1-15-7-8-17(24-15)9-10-18(22)20-11-13-21(14-12-20)19(23)16-5-3-2-4-6-16/h7-10,16H,2-6,11-14H2,1H3/b10-9+. The topological polar surface area (TPSA) is 40.6 Å². The molecule has 5 heteroatoms. The molecule has 2 aliphatic rings. The van der Waals surface area contributed by atoms with Crippen molar-refractivity contribution in [2.45, 2.75) is 39.0 Å². The maximum atomic E-state index is 12.6. The van der Waals surface area contributed by atoms with Crippen molar-refractivity contribution in [3.05, 3.63) is 28.0 Å². The fourth-order valence-electron chi connectivity index (χ4n) is 3.56. The van der Waals surface area contributed by atoms with Gasteiger partial charge in [0.15, 0.2) is 0 Å². The van der Waals surface area contributed by atoms with Crippen LogP contribution in [0.2, 0.25) is 0 Å². The number of rotatable bonds is 3. The average molecular weight is 346 g/mol. The highest BCUT2D eigenvalue weighted by Crippen LogP contribution is 2.26. The van der Waals surface area contributed by atoms with Crippen LogP contribution in [-0.4, -0.2) is 47.8 Å². The van der Waals surface area contributed by atoms with Gasteiger partial charge in [-0.1, -0.05) is 19.3 Å². The molecule has 24 heavy (non-hydrogen) atoms. The van der Waals surface area contributed by atoms with E-state index >= 15 is 0 Å². The van der Waals surface area contributed by atoms with Gasteiger partial charge >= 0.3 is 0 Å². The van der Waals surface area contributed by atoms with E-state index in [4.69, 9.17) is 0 Å². The molecule has 0 spiro atoms. The second-order valence-corrected chi connectivity index (χ2v) is 8.09. The maximum absolute atomic E-state index is 12.6. The first-order valence-corrected chi connectivity index (χ1v) is 9.77. The van der Waals surface area contributed by atoms with Gasteiger partial charge in [-0.05, 0) is 38.0 Å². The Kier molecular flexibility index (Phi) is 5.72. The number of carbonyl (C=O) groups excluding carboxylic acids is 2. The first kappa shape index (κ1) is 17.2. The molecule has 0 aromatic carbocycles. The zero-order chi connectivity index (χ0) is 16.9. The molecule has 3 rings (SSSR count). The minimum atomic E-state index is 0.0471. The Morgan fingerprint density at radius 2 is 1.71 bits per heavy atom. The van der Waals surface area contributed by atoms with Gasteiger partial charge in [-0.3, -0.25) is 9.59 Å². The Morgan fingerprint density at radius 1 is 1.04 bits per heavy atom. The Bertz CT molecular complexity index is 609. The molecule has 1 aromatic rings. The molecule has 130 valence electrons. The Hall–Kier alpha value is -1.62. The van der Waals surface area contributed by atoms with Crippen LogP contribution in [0.4, 0.5) is 0 Å². The van der Waals surface area contributed by atoms with Gasteiger partial charge in [-0.15, -0.1) is 11.3 Å². The smallest absolute Gasteiger partial charge is 0.246 e. The summed E-state index contributed by atoms with van der Waals surface area (Å²) in [7, 11) is 0. The van der Waals surface area contributed by atoms with Crippen molar-refractivity contribution >= 4 is 29.2 Å². The molecule has 2 amide bonds. The summed E-state index contributed by atoms with van der Waals surface area (Å²) in [6.45, 7) is 4.70. The molecular weight excluding hydrogens is 320 g/mol. The molecule has 1 aliphatic heterocycles. The molecule has 1 aromatic heterocycles. The van der Waals surface area contributed by atoms with E-state index in [0.29, 0.717) is 32.1 Å². The molecule has 2 heterocycles. The lowest BCUT2D eigenvalue weighted by molar-refractivity contribution is -0.141. The normalized spacial score (nSPS) is 19.9. The highest BCUT2D eigenvalue weighted by molar-refractivity contribution is 7.12. The van der Waals surface area contributed by atoms with E-state index in [1.165, 1.54) is 24.1 Å². The molecule has 4 nitrogen and oxygen atoms in total. The van der Waals surface area contributed by atoms with Crippen molar-refractivity contribution in [2.75, 3.05) is 26.2 Å². The molecule has 1 saturated heterocycles. The van der Waals surface area contributed by atoms with E-state index in [1.807, 2.05) is 21.9 Å². The number of carbonyl (C=O) groups is 2. The van der Waals surface area contributed by atoms with Gasteiger partial charge in [0.05, 0.1) is 0 Å². The van der Waals surface area contributed by atoms with E-state index in [0.717, 1.165) is 17.7 Å². The summed E-state index contributed by atoms with van der Waals surface area (Å²) >= 11 is 1.69. The predicted octanol–water partition coefficient (Wildman–Crippen LogP) is 3.32. The lowest BCUT2D eigenvalue weighted by Crippen LogP contribution is -2.51. The molecule has 0 unspecified atom stereocenters. The van der Waals surface area contributed by atoms with Crippen molar-refractivity contribution in [2.24, 2.45) is 5.92 Å². The maximum Gasteiger partial charge on any atom is 0.246 e. The van der Waals surface area contributed by atoms with Crippen LogP contribution >= 0.6 is 11.3 Å². The van der Waals surface area contributed by atoms with Gasteiger partial charge < -0.3 is 9.80 Å². The number of piperazine rings is 1. The Labute approximate surface area is 148 Å². The number of nitrogens with zero attached hydrogens (tertiary/aromatic N) is 2. The van der Waals surface area contributed by atoms with Crippen molar-refractivity contribution in [3.8, 4) is 0 Å². The first-order valence-electron chi connectivity index (χ1n) is 8.96. The summed E-state index contributed by atoms with van der Waals surface area (Å²) in [5, 5.41) is 0. The Morgan fingerprint density at radius 3 is 2.33 bits per heavy atom. The van der Waals surface area contributed by atoms with Crippen molar-refractivity contribution in [1.82, 2.24) is 9.80 Å². The molecule has 0 N–H and O–H groups in total. The highest BCUT2D eigenvalue weighted by atomic mass is 32.1. The van der Waals surface area contributed by atoms with Gasteiger partial charge in [0.2, 0.25) is 11.8 Å². The number of amides is 2. The van der Waals surface area contributed by atoms with Crippen molar-refractivity contribution in [1.29, 1.82) is 0 Å². The van der Waals surface area contributed by atoms with Crippen LogP contribution < -0.4 is 0 Å². The first-order chi connectivity index (χ1) is 11.6. The minimum Gasteiger partial charge on any atom is -0.339 e. The highest BCUT2D eigenvalue weighted by Gasteiger charge is 2.29. The van der Waals surface area contributed by atoms with Crippen LogP contribution in [0.3, 0.4) is 0 Å². The number of hydrogen-bond donors (Lipinski definition) is 0. The number of hydrogen-bond acceptors (Lipinski definition) is 3. The molecule has 0 atom stereocenters. The average Bonchev–Trinajstić information content (AvgIpc) is 3.05. The Balaban J connectivity index is 1.48. The lowest BCUT2D eigenvalue weighted by Gasteiger charge is -2.36. The SMILES string of the molecule is Cc1ccc(/C=C/C(=O)N2CCN(C(=O)C3CCCCC3)CC2)s1. The van der Waals surface area contributed by atoms with E-state index in [2.05, 4.69) is 13.0 Å². The van der Waals surface area contributed by atoms with Crippen LogP contribution in [-0.2, 0) is 9.59 Å². The lowest BCUT2D eigenvalue weighted by atomic mass is 9.88. The molecular formula is C19H26N2O2S. The zero-order valence-electron chi connectivity index (χ0n) is 14.4. The quantitative estimate of drug-likeness (QED) is 0.788. The van der Waals surface area contributed by atoms with Crippen LogP contribution in [0.1, 0.15) is 41.9 Å². The summed E-state index contributed by atoms with van der Waals surface area (Å²) in [5.41, 5.74) is 0. The minimum absolute atomic E-state index is 0.0471. The van der Waals surface area contributed by atoms with E-state index in [1.54, 1.807) is 17.4 Å². The molecule has 1 aliphatic carbocycles. The zero-order valence-corrected chi connectivity index (χ0v) is 15.2. The van der Waals surface area contributed by atoms with E-state index in [-0.39, 0.29) is 11.8 Å². The van der Waals surface area contributed by atoms with Gasteiger partial charge in [0.1, 0.15) is 0 Å². The summed E-state index contributed by atoms with van der Waals surface area (Å²) in [4.78, 5) is 31.0.